The lowest BCUT2D eigenvalue weighted by Crippen LogP contribution is -2.59. The van der Waals surface area contributed by atoms with Gasteiger partial charge in [0.05, 0.1) is 47.0 Å². The van der Waals surface area contributed by atoms with E-state index in [-0.39, 0.29) is 48.9 Å². The van der Waals surface area contributed by atoms with Crippen LogP contribution in [0.3, 0.4) is 0 Å². The van der Waals surface area contributed by atoms with Crippen molar-refractivity contribution in [3.63, 3.8) is 0 Å². The third-order valence-corrected chi connectivity index (χ3v) is 13.7. The summed E-state index contributed by atoms with van der Waals surface area (Å²) >= 11 is 0. The topological polar surface area (TPSA) is 198 Å². The van der Waals surface area contributed by atoms with Gasteiger partial charge in [-0.2, -0.15) is 0 Å². The van der Waals surface area contributed by atoms with Crippen LogP contribution in [0.25, 0.3) is 11.3 Å². The molecular formula is C44H68N6O11. The van der Waals surface area contributed by atoms with Crippen LogP contribution in [0.5, 0.6) is 0 Å². The fourth-order valence-electron chi connectivity index (χ4n) is 10.1. The average Bonchev–Trinajstić information content (AvgIpc) is 3.80. The number of aromatic nitrogens is 3. The Kier molecular flexibility index (Phi) is 15.4. The molecular weight excluding hydrogens is 789 g/mol. The molecule has 1 amide bonds. The summed E-state index contributed by atoms with van der Waals surface area (Å²) < 4.78 is 33.6. The maximum Gasteiger partial charge on any atom is 0.410 e. The Morgan fingerprint density at radius 2 is 1.72 bits per heavy atom. The maximum absolute atomic E-state index is 14.8. The minimum absolute atomic E-state index is 0.0447. The first-order chi connectivity index (χ1) is 28.7. The van der Waals surface area contributed by atoms with Gasteiger partial charge >= 0.3 is 12.1 Å². The molecule has 61 heavy (non-hydrogen) atoms. The molecule has 340 valence electrons. The predicted molar refractivity (Wildman–Crippen MR) is 225 cm³/mol. The van der Waals surface area contributed by atoms with Crippen LogP contribution < -0.4 is 0 Å². The summed E-state index contributed by atoms with van der Waals surface area (Å²) in [6.45, 7) is 17.3. The number of benzene rings is 1. The first-order valence-electron chi connectivity index (χ1n) is 21.8. The van der Waals surface area contributed by atoms with E-state index in [2.05, 4.69) is 22.1 Å². The Morgan fingerprint density at radius 1 is 1.03 bits per heavy atom. The Hall–Kier alpha value is -4.03. The number of unbranched alkanes of at least 4 members (excludes halogenated alkanes) is 1. The molecule has 1 N–H and O–H groups in total. The number of aliphatic hydroxyl groups is 1. The molecule has 17 heteroatoms. The van der Waals surface area contributed by atoms with Crippen LogP contribution in [0.1, 0.15) is 94.4 Å². The number of hydrogen-bond donors (Lipinski definition) is 1. The molecule has 0 bridgehead atoms. The maximum atomic E-state index is 14.8. The molecule has 0 spiro atoms. The van der Waals surface area contributed by atoms with Crippen LogP contribution in [-0.4, -0.2) is 134 Å². The number of aryl methyl sites for hydroxylation is 1. The van der Waals surface area contributed by atoms with Crippen molar-refractivity contribution in [2.24, 2.45) is 29.6 Å². The first-order valence-corrected chi connectivity index (χ1v) is 21.8. The number of amides is 1. The summed E-state index contributed by atoms with van der Waals surface area (Å²) in [7, 11) is 5.63. The standard InChI is InChI=1S/C44H68N6O11/c1-13-35-44(9)38(49(42(54)61-44)20-15-14-19-48-24-33(45-46-48)31-17-16-18-32(22-31)50(55)56)28(5)36(51)25(2)23-43(8,57-12)39(29(6)37(52)30(7)40(53)59-35)60-41-27(4)34(47(10)11)21-26(3)58-41/h16-18,22,24-30,34-35,37-39,41,52H,13-15,19-21,23H2,1-12H3/t25-,26-,27-,28+,29+,30-,34+,35-,37+,38+,39-,41+,43+,44-/m1/s1. The molecule has 2 aromatic rings. The fourth-order valence-corrected chi connectivity index (χ4v) is 10.1. The lowest BCUT2D eigenvalue weighted by atomic mass is 9.73. The number of nitro groups is 1. The zero-order chi connectivity index (χ0) is 45.1. The van der Waals surface area contributed by atoms with Gasteiger partial charge in [0.2, 0.25) is 0 Å². The third-order valence-electron chi connectivity index (χ3n) is 13.7. The summed E-state index contributed by atoms with van der Waals surface area (Å²) in [4.78, 5) is 57.3. The Balaban J connectivity index is 1.41. The predicted octanol–water partition coefficient (Wildman–Crippen LogP) is 5.90. The van der Waals surface area contributed by atoms with Crippen molar-refractivity contribution >= 4 is 23.5 Å². The van der Waals surface area contributed by atoms with E-state index in [1.807, 2.05) is 48.7 Å². The molecule has 14 atom stereocenters. The Labute approximate surface area is 359 Å². The van der Waals surface area contributed by atoms with E-state index in [9.17, 15) is 29.6 Å². The number of aliphatic hydroxyl groups excluding tert-OH is 1. The van der Waals surface area contributed by atoms with Gasteiger partial charge < -0.3 is 38.6 Å². The van der Waals surface area contributed by atoms with Gasteiger partial charge in [-0.3, -0.25) is 24.4 Å². The smallest absolute Gasteiger partial charge is 0.410 e. The molecule has 1 aromatic heterocycles. The summed E-state index contributed by atoms with van der Waals surface area (Å²) in [5.74, 6) is -3.85. The molecule has 4 heterocycles. The van der Waals surface area contributed by atoms with Crippen LogP contribution in [0, 0.1) is 39.7 Å². The highest BCUT2D eigenvalue weighted by molar-refractivity contribution is 5.85. The third kappa shape index (κ3) is 10.1. The number of fused-ring (bicyclic) bond motifs is 1. The van der Waals surface area contributed by atoms with Crippen LogP contribution in [0.15, 0.2) is 30.5 Å². The fraction of sp³-hybridized carbons (Fsp3) is 0.750. The zero-order valence-electron chi connectivity index (χ0n) is 38.0. The van der Waals surface area contributed by atoms with Gasteiger partial charge in [0.1, 0.15) is 17.6 Å². The average molecular weight is 857 g/mol. The molecule has 0 aliphatic carbocycles. The number of esters is 1. The number of ketones is 1. The first kappa shape index (κ1) is 48.0. The molecule has 17 nitrogen and oxygen atoms in total. The van der Waals surface area contributed by atoms with Crippen molar-refractivity contribution < 1.29 is 48.1 Å². The molecule has 3 aliphatic rings. The molecule has 3 saturated heterocycles. The number of non-ortho nitro benzene ring substituents is 1. The molecule has 0 saturated carbocycles. The summed E-state index contributed by atoms with van der Waals surface area (Å²) in [6.07, 6.45) is -0.238. The van der Waals surface area contributed by atoms with Crippen molar-refractivity contribution in [1.29, 1.82) is 0 Å². The number of carbonyl (C=O) groups is 3. The Morgan fingerprint density at radius 3 is 2.36 bits per heavy atom. The van der Waals surface area contributed by atoms with Gasteiger partial charge in [0.15, 0.2) is 11.9 Å². The minimum atomic E-state index is -1.40. The highest BCUT2D eigenvalue weighted by Gasteiger charge is 2.60. The molecule has 0 unspecified atom stereocenters. The molecule has 5 rings (SSSR count). The second-order valence-electron chi connectivity index (χ2n) is 18.4. The number of nitrogens with zero attached hydrogens (tertiary/aromatic N) is 6. The quantitative estimate of drug-likeness (QED) is 0.115. The van der Waals surface area contributed by atoms with Gasteiger partial charge in [-0.25, -0.2) is 4.79 Å². The lowest BCUT2D eigenvalue weighted by molar-refractivity contribution is -0.384. The molecule has 1 aromatic carbocycles. The summed E-state index contributed by atoms with van der Waals surface area (Å²) in [6, 6.07) is 5.54. The number of ether oxygens (including phenoxy) is 5. The van der Waals surface area contributed by atoms with Crippen molar-refractivity contribution in [1.82, 2.24) is 24.8 Å². The van der Waals surface area contributed by atoms with Crippen molar-refractivity contribution in [2.75, 3.05) is 27.7 Å². The van der Waals surface area contributed by atoms with Gasteiger partial charge in [0, 0.05) is 67.6 Å². The second kappa shape index (κ2) is 19.6. The van der Waals surface area contributed by atoms with E-state index in [1.54, 1.807) is 55.8 Å². The number of methoxy groups -OCH3 is 1. The van der Waals surface area contributed by atoms with E-state index in [0.29, 0.717) is 30.6 Å². The summed E-state index contributed by atoms with van der Waals surface area (Å²) in [5.41, 5.74) is -1.52. The molecule has 0 radical (unpaired) electrons. The van der Waals surface area contributed by atoms with E-state index in [0.717, 1.165) is 6.42 Å². The lowest BCUT2D eigenvalue weighted by Gasteiger charge is -2.48. The SMILES string of the molecule is CC[C@H]1OC(=O)[C@H](C)[C@@H](O)[C@H](C)[C@@H](O[C@@H]2O[C@H](C)C[C@H](N(C)C)[C@H]2C)[C@@](C)(OC)C[C@@H](C)C(=O)[C@H](C)[C@@H]2N(CCCCn3cc(-c4cccc([N+](=O)[O-])c4)nn3)C(=O)O[C@@]21C. The number of cyclic esters (lactones) is 1. The molecule has 3 fully saturated rings. The normalized spacial score (nSPS) is 36.6. The minimum Gasteiger partial charge on any atom is -0.458 e. The highest BCUT2D eigenvalue weighted by Crippen LogP contribution is 2.44. The second-order valence-corrected chi connectivity index (χ2v) is 18.4. The van der Waals surface area contributed by atoms with Crippen LogP contribution in [0.4, 0.5) is 10.5 Å². The number of carbonyl (C=O) groups excluding carboxylic acids is 3. The van der Waals surface area contributed by atoms with Crippen LogP contribution >= 0.6 is 0 Å². The number of hydrogen-bond acceptors (Lipinski definition) is 14. The number of Topliss-reactive ketones (excluding diaryl/α,β-unsaturated/α-hetero) is 1. The van der Waals surface area contributed by atoms with Crippen molar-refractivity contribution in [3.8, 4) is 11.3 Å². The number of nitro benzene ring substituents is 1. The zero-order valence-corrected chi connectivity index (χ0v) is 38.0. The molecule has 3 aliphatic heterocycles. The van der Waals surface area contributed by atoms with Crippen molar-refractivity contribution in [3.05, 3.63) is 40.6 Å². The van der Waals surface area contributed by atoms with E-state index >= 15 is 0 Å². The van der Waals surface area contributed by atoms with Crippen LogP contribution in [0.2, 0.25) is 0 Å². The largest absolute Gasteiger partial charge is 0.458 e. The van der Waals surface area contributed by atoms with Gasteiger partial charge in [-0.05, 0) is 73.9 Å². The monoisotopic (exact) mass is 856 g/mol. The Bertz CT molecular complexity index is 1860. The van der Waals surface area contributed by atoms with Gasteiger partial charge in [-0.1, -0.05) is 52.0 Å². The van der Waals surface area contributed by atoms with E-state index in [4.69, 9.17) is 23.7 Å². The van der Waals surface area contributed by atoms with Crippen LogP contribution in [-0.2, 0) is 39.8 Å². The number of rotatable bonds is 12. The van der Waals surface area contributed by atoms with E-state index < -0.39 is 82.5 Å². The van der Waals surface area contributed by atoms with Gasteiger partial charge in [-0.15, -0.1) is 5.10 Å². The highest BCUT2D eigenvalue weighted by atomic mass is 16.7. The summed E-state index contributed by atoms with van der Waals surface area (Å²) in [5, 5.41) is 31.7. The van der Waals surface area contributed by atoms with Gasteiger partial charge in [0.25, 0.3) is 5.69 Å². The van der Waals surface area contributed by atoms with E-state index in [1.165, 1.54) is 12.1 Å². The van der Waals surface area contributed by atoms with Crippen molar-refractivity contribution in [2.45, 2.75) is 155 Å².